The third-order valence-corrected chi connectivity index (χ3v) is 5.82. The predicted octanol–water partition coefficient (Wildman–Crippen LogP) is 4.26. The Morgan fingerprint density at radius 3 is 2.42 bits per heavy atom. The molecule has 31 heavy (non-hydrogen) atoms. The van der Waals surface area contributed by atoms with Crippen LogP contribution in [0.2, 0.25) is 0 Å². The highest BCUT2D eigenvalue weighted by molar-refractivity contribution is 7.03. The van der Waals surface area contributed by atoms with Crippen molar-refractivity contribution >= 4 is 29.0 Å². The van der Waals surface area contributed by atoms with Crippen LogP contribution >= 0.6 is 11.5 Å². The standard InChI is InChI=1S/C22H20F2N4O2S/c23-14-9-11-16(12-10-14)28(22(30)19-13-31-27-26-19)20(17-7-3-4-8-18(17)24)21(29)25-15-5-1-2-6-15/h3-4,7-13,15,20H,1-2,5-6H2,(H,25,29). The van der Waals surface area contributed by atoms with Gasteiger partial charge in [0.15, 0.2) is 5.69 Å². The van der Waals surface area contributed by atoms with Gasteiger partial charge in [0.05, 0.1) is 0 Å². The number of benzene rings is 2. The van der Waals surface area contributed by atoms with E-state index in [9.17, 15) is 18.4 Å². The summed E-state index contributed by atoms with van der Waals surface area (Å²) in [5.41, 5.74) is 0.303. The van der Waals surface area contributed by atoms with E-state index in [0.717, 1.165) is 42.1 Å². The smallest absolute Gasteiger partial charge is 0.280 e. The normalized spacial score (nSPS) is 14.9. The van der Waals surface area contributed by atoms with Crippen LogP contribution in [0.25, 0.3) is 0 Å². The molecule has 1 N–H and O–H groups in total. The molecular formula is C22H20F2N4O2S. The van der Waals surface area contributed by atoms with Crippen molar-refractivity contribution in [1.82, 2.24) is 14.9 Å². The second kappa shape index (κ2) is 9.30. The van der Waals surface area contributed by atoms with E-state index in [1.165, 1.54) is 47.8 Å². The van der Waals surface area contributed by atoms with Gasteiger partial charge < -0.3 is 5.32 Å². The molecule has 4 rings (SSSR count). The number of carbonyl (C=O) groups is 2. The quantitative estimate of drug-likeness (QED) is 0.619. The summed E-state index contributed by atoms with van der Waals surface area (Å²) < 4.78 is 32.2. The molecule has 1 atom stereocenters. The number of rotatable bonds is 6. The van der Waals surface area contributed by atoms with Gasteiger partial charge in [-0.05, 0) is 54.7 Å². The van der Waals surface area contributed by atoms with Crippen LogP contribution in [0.15, 0.2) is 53.9 Å². The predicted molar refractivity (Wildman–Crippen MR) is 113 cm³/mol. The highest BCUT2D eigenvalue weighted by atomic mass is 32.1. The zero-order chi connectivity index (χ0) is 21.8. The minimum absolute atomic E-state index is 0.0179. The Bertz CT molecular complexity index is 1050. The maximum Gasteiger partial charge on any atom is 0.280 e. The number of anilines is 1. The van der Waals surface area contributed by atoms with Crippen LogP contribution in [-0.2, 0) is 4.79 Å². The third-order valence-electron chi connectivity index (χ3n) is 5.31. The number of aromatic nitrogens is 2. The second-order valence-corrected chi connectivity index (χ2v) is 7.97. The molecule has 1 saturated carbocycles. The molecule has 0 bridgehead atoms. The van der Waals surface area contributed by atoms with Gasteiger partial charge in [-0.25, -0.2) is 8.78 Å². The molecule has 1 aliphatic rings. The first-order chi connectivity index (χ1) is 15.0. The molecule has 9 heteroatoms. The number of nitrogens with zero attached hydrogens (tertiary/aromatic N) is 3. The van der Waals surface area contributed by atoms with Gasteiger partial charge >= 0.3 is 0 Å². The SMILES string of the molecule is O=C(NC1CCCC1)C(c1ccccc1F)N(C(=O)c1csnn1)c1ccc(F)cc1. The second-order valence-electron chi connectivity index (χ2n) is 7.36. The van der Waals surface area contributed by atoms with Crippen LogP contribution in [0.3, 0.4) is 0 Å². The van der Waals surface area contributed by atoms with Crippen molar-refractivity contribution < 1.29 is 18.4 Å². The average Bonchev–Trinajstić information content (AvgIpc) is 3.47. The molecule has 1 unspecified atom stereocenters. The molecule has 1 aromatic heterocycles. The fourth-order valence-electron chi connectivity index (χ4n) is 3.81. The molecule has 1 aliphatic carbocycles. The fraction of sp³-hybridized carbons (Fsp3) is 0.273. The van der Waals surface area contributed by atoms with E-state index in [4.69, 9.17) is 0 Å². The Hall–Kier alpha value is -3.20. The Kier molecular flexibility index (Phi) is 6.31. The van der Waals surface area contributed by atoms with Crippen molar-refractivity contribution in [3.05, 3.63) is 76.8 Å². The molecule has 1 fully saturated rings. The molecule has 0 saturated heterocycles. The van der Waals surface area contributed by atoms with Crippen molar-refractivity contribution in [1.29, 1.82) is 0 Å². The lowest BCUT2D eigenvalue weighted by molar-refractivity contribution is -0.123. The Balaban J connectivity index is 1.82. The Morgan fingerprint density at radius 2 is 1.77 bits per heavy atom. The molecule has 0 spiro atoms. The van der Waals surface area contributed by atoms with Gasteiger partial charge in [0.25, 0.3) is 5.91 Å². The Morgan fingerprint density at radius 1 is 1.06 bits per heavy atom. The molecule has 0 aliphatic heterocycles. The van der Waals surface area contributed by atoms with Crippen LogP contribution in [0.5, 0.6) is 0 Å². The highest BCUT2D eigenvalue weighted by Gasteiger charge is 2.37. The van der Waals surface area contributed by atoms with Crippen LogP contribution < -0.4 is 10.2 Å². The minimum Gasteiger partial charge on any atom is -0.351 e. The van der Waals surface area contributed by atoms with E-state index in [-0.39, 0.29) is 23.0 Å². The molecule has 160 valence electrons. The zero-order valence-electron chi connectivity index (χ0n) is 16.5. The summed E-state index contributed by atoms with van der Waals surface area (Å²) in [7, 11) is 0. The monoisotopic (exact) mass is 442 g/mol. The summed E-state index contributed by atoms with van der Waals surface area (Å²) in [6.07, 6.45) is 3.66. The summed E-state index contributed by atoms with van der Waals surface area (Å²) in [5, 5.41) is 8.23. The van der Waals surface area contributed by atoms with Crippen molar-refractivity contribution in [2.45, 2.75) is 37.8 Å². The summed E-state index contributed by atoms with van der Waals surface area (Å²) in [6.45, 7) is 0. The van der Waals surface area contributed by atoms with E-state index in [1.54, 1.807) is 6.07 Å². The fourth-order valence-corrected chi connectivity index (χ4v) is 4.24. The molecule has 1 heterocycles. The topological polar surface area (TPSA) is 75.2 Å². The number of halogens is 2. The number of nitrogens with one attached hydrogen (secondary N) is 1. The van der Waals surface area contributed by atoms with Crippen molar-refractivity contribution in [3.63, 3.8) is 0 Å². The summed E-state index contributed by atoms with van der Waals surface area (Å²) in [6, 6.07) is 9.61. The van der Waals surface area contributed by atoms with E-state index < -0.39 is 29.5 Å². The summed E-state index contributed by atoms with van der Waals surface area (Å²) >= 11 is 0.985. The Labute approximate surface area is 182 Å². The number of amides is 2. The first kappa shape index (κ1) is 21.0. The van der Waals surface area contributed by atoms with Crippen LogP contribution in [0.4, 0.5) is 14.5 Å². The maximum absolute atomic E-state index is 14.9. The maximum atomic E-state index is 14.9. The van der Waals surface area contributed by atoms with Crippen LogP contribution in [0.1, 0.15) is 47.8 Å². The zero-order valence-corrected chi connectivity index (χ0v) is 17.3. The average molecular weight is 442 g/mol. The van der Waals surface area contributed by atoms with Gasteiger partial charge in [-0.2, -0.15) is 0 Å². The van der Waals surface area contributed by atoms with E-state index in [0.29, 0.717) is 0 Å². The number of carbonyl (C=O) groups excluding carboxylic acids is 2. The molecule has 2 aromatic carbocycles. The molecule has 3 aromatic rings. The van der Waals surface area contributed by atoms with Crippen LogP contribution in [-0.4, -0.2) is 27.4 Å². The molecular weight excluding hydrogens is 422 g/mol. The van der Waals surface area contributed by atoms with Crippen molar-refractivity contribution in [3.8, 4) is 0 Å². The lowest BCUT2D eigenvalue weighted by Crippen LogP contribution is -2.46. The molecule has 6 nitrogen and oxygen atoms in total. The van der Waals surface area contributed by atoms with Gasteiger partial charge in [0.2, 0.25) is 5.91 Å². The third kappa shape index (κ3) is 4.61. The number of hydrogen-bond donors (Lipinski definition) is 1. The van der Waals surface area contributed by atoms with Gasteiger partial charge in [-0.1, -0.05) is 35.5 Å². The van der Waals surface area contributed by atoms with E-state index >= 15 is 0 Å². The highest BCUT2D eigenvalue weighted by Crippen LogP contribution is 2.32. The van der Waals surface area contributed by atoms with Gasteiger partial charge in [-0.15, -0.1) is 5.10 Å². The lowest BCUT2D eigenvalue weighted by atomic mass is 10.0. The first-order valence-electron chi connectivity index (χ1n) is 9.95. The van der Waals surface area contributed by atoms with Crippen molar-refractivity contribution in [2.24, 2.45) is 0 Å². The first-order valence-corrected chi connectivity index (χ1v) is 10.8. The van der Waals surface area contributed by atoms with E-state index in [2.05, 4.69) is 14.9 Å². The van der Waals surface area contributed by atoms with Crippen molar-refractivity contribution in [2.75, 3.05) is 4.90 Å². The summed E-state index contributed by atoms with van der Waals surface area (Å²) in [5.74, 6) is -2.25. The summed E-state index contributed by atoms with van der Waals surface area (Å²) in [4.78, 5) is 28.0. The molecule has 0 radical (unpaired) electrons. The molecule has 2 amide bonds. The van der Waals surface area contributed by atoms with Crippen LogP contribution in [0, 0.1) is 11.6 Å². The van der Waals surface area contributed by atoms with Gasteiger partial charge in [0.1, 0.15) is 17.7 Å². The largest absolute Gasteiger partial charge is 0.351 e. The minimum atomic E-state index is -1.30. The van der Waals surface area contributed by atoms with Gasteiger partial charge in [0, 0.05) is 22.7 Å². The van der Waals surface area contributed by atoms with Gasteiger partial charge in [-0.3, -0.25) is 14.5 Å². The lowest BCUT2D eigenvalue weighted by Gasteiger charge is -2.32. The number of hydrogen-bond acceptors (Lipinski definition) is 5. The van der Waals surface area contributed by atoms with E-state index in [1.807, 2.05) is 0 Å².